The Morgan fingerprint density at radius 3 is 2.88 bits per heavy atom. The van der Waals surface area contributed by atoms with Crippen LogP contribution in [0.15, 0.2) is 35.4 Å². The molecule has 6 nitrogen and oxygen atoms in total. The van der Waals surface area contributed by atoms with Crippen molar-refractivity contribution in [3.63, 3.8) is 0 Å². The van der Waals surface area contributed by atoms with E-state index in [-0.39, 0.29) is 6.42 Å². The number of thiazole rings is 1. The summed E-state index contributed by atoms with van der Waals surface area (Å²) in [5.74, 6) is -0.839. The molecule has 2 aromatic heterocycles. The topological polar surface area (TPSA) is 71.2 Å². The summed E-state index contributed by atoms with van der Waals surface area (Å²) < 4.78 is 2.98. The summed E-state index contributed by atoms with van der Waals surface area (Å²) in [6.07, 6.45) is 9.48. The van der Waals surface area contributed by atoms with E-state index in [4.69, 9.17) is 16.6 Å². The molecule has 0 saturated heterocycles. The molecule has 0 spiro atoms. The molecule has 33 heavy (non-hydrogen) atoms. The van der Waals surface area contributed by atoms with Gasteiger partial charge in [-0.15, -0.1) is 0 Å². The molecule has 5 rings (SSSR count). The first-order chi connectivity index (χ1) is 15.8. The third-order valence-electron chi connectivity index (χ3n) is 6.47. The van der Waals surface area contributed by atoms with Crippen molar-refractivity contribution in [2.75, 3.05) is 11.4 Å². The van der Waals surface area contributed by atoms with E-state index in [0.717, 1.165) is 57.1 Å². The summed E-state index contributed by atoms with van der Waals surface area (Å²) in [5, 5.41) is 15.9. The number of hydrogen-bond acceptors (Lipinski definition) is 5. The zero-order valence-electron chi connectivity index (χ0n) is 18.9. The summed E-state index contributed by atoms with van der Waals surface area (Å²) >= 11 is 7.87. The molecule has 3 aromatic rings. The number of nitrogens with zero attached hydrogens (tertiary/aromatic N) is 4. The number of allylic oxidation sites excluding steroid dienone is 6. The first kappa shape index (κ1) is 21.9. The van der Waals surface area contributed by atoms with Gasteiger partial charge in [0.05, 0.1) is 22.3 Å². The highest BCUT2D eigenvalue weighted by Gasteiger charge is 2.26. The molecule has 1 aliphatic carbocycles. The van der Waals surface area contributed by atoms with Crippen molar-refractivity contribution in [1.82, 2.24) is 14.8 Å². The fourth-order valence-electron chi connectivity index (χ4n) is 4.63. The van der Waals surface area contributed by atoms with Gasteiger partial charge in [0.25, 0.3) is 0 Å². The average molecular weight is 481 g/mol. The number of carboxylic acids is 1. The lowest BCUT2D eigenvalue weighted by molar-refractivity contribution is -0.136. The Labute approximate surface area is 201 Å². The van der Waals surface area contributed by atoms with Crippen LogP contribution >= 0.6 is 22.9 Å². The quantitative estimate of drug-likeness (QED) is 0.548. The number of aliphatic carboxylic acids is 1. The van der Waals surface area contributed by atoms with Crippen molar-refractivity contribution >= 4 is 49.8 Å². The number of halogens is 1. The van der Waals surface area contributed by atoms with Gasteiger partial charge in [-0.05, 0) is 49.1 Å². The van der Waals surface area contributed by atoms with Gasteiger partial charge in [-0.2, -0.15) is 5.10 Å². The van der Waals surface area contributed by atoms with Gasteiger partial charge in [-0.1, -0.05) is 41.2 Å². The normalized spacial score (nSPS) is 15.9. The van der Waals surface area contributed by atoms with Gasteiger partial charge in [-0.25, -0.2) is 4.98 Å². The number of carbonyl (C=O) groups is 1. The van der Waals surface area contributed by atoms with Crippen molar-refractivity contribution < 1.29 is 9.90 Å². The molecule has 0 atom stereocenters. The summed E-state index contributed by atoms with van der Waals surface area (Å²) in [5.41, 5.74) is 8.28. The second-order valence-corrected chi connectivity index (χ2v) is 10.00. The van der Waals surface area contributed by atoms with Crippen LogP contribution in [0.1, 0.15) is 40.1 Å². The van der Waals surface area contributed by atoms with Crippen molar-refractivity contribution in [3.05, 3.63) is 69.0 Å². The molecular formula is C25H25ClN4O2S. The van der Waals surface area contributed by atoms with Gasteiger partial charge in [-0.3, -0.25) is 9.48 Å². The van der Waals surface area contributed by atoms with Crippen molar-refractivity contribution in [2.24, 2.45) is 7.05 Å². The Hall–Kier alpha value is -2.90. The summed E-state index contributed by atoms with van der Waals surface area (Å²) in [4.78, 5) is 19.0. The zero-order chi connectivity index (χ0) is 23.3. The van der Waals surface area contributed by atoms with Gasteiger partial charge in [0.15, 0.2) is 5.13 Å². The van der Waals surface area contributed by atoms with E-state index in [1.54, 1.807) is 11.3 Å². The summed E-state index contributed by atoms with van der Waals surface area (Å²) in [6.45, 7) is 5.73. The van der Waals surface area contributed by atoms with E-state index in [9.17, 15) is 9.90 Å². The van der Waals surface area contributed by atoms with Gasteiger partial charge in [0, 0.05) is 48.4 Å². The van der Waals surface area contributed by atoms with Gasteiger partial charge in [0.2, 0.25) is 0 Å². The highest BCUT2D eigenvalue weighted by molar-refractivity contribution is 7.22. The number of rotatable bonds is 4. The van der Waals surface area contributed by atoms with Crippen LogP contribution in [0.3, 0.4) is 0 Å². The first-order valence-electron chi connectivity index (χ1n) is 11.0. The molecule has 0 amide bonds. The Bertz CT molecular complexity index is 1380. The predicted molar refractivity (Wildman–Crippen MR) is 134 cm³/mol. The lowest BCUT2D eigenvalue weighted by Gasteiger charge is -2.26. The number of anilines is 1. The summed E-state index contributed by atoms with van der Waals surface area (Å²) in [6, 6.07) is 2.02. The molecule has 2 aliphatic rings. The van der Waals surface area contributed by atoms with E-state index in [2.05, 4.69) is 23.0 Å². The standard InChI is InChI=1S/C25H25ClN4O2S/c1-14-11-21-24(23(18(14)12-22(31)32)16-5-4-6-17(26)8-7-16)33-25(27-21)30-10-9-20-19(13-30)15(2)29(3)28-20/h5-8,11H,4,9-10,12-13H2,1-3H3,(H,31,32). The fourth-order valence-corrected chi connectivity index (χ4v) is 5.95. The zero-order valence-corrected chi connectivity index (χ0v) is 20.4. The Morgan fingerprint density at radius 2 is 2.09 bits per heavy atom. The molecule has 1 aliphatic heterocycles. The molecule has 1 aromatic carbocycles. The number of fused-ring (bicyclic) bond motifs is 2. The van der Waals surface area contributed by atoms with Crippen LogP contribution in [-0.2, 0) is 31.2 Å². The molecule has 170 valence electrons. The maximum Gasteiger partial charge on any atom is 0.307 e. The van der Waals surface area contributed by atoms with Crippen LogP contribution in [0, 0.1) is 13.8 Å². The van der Waals surface area contributed by atoms with Crippen LogP contribution in [0.25, 0.3) is 15.8 Å². The van der Waals surface area contributed by atoms with E-state index in [1.807, 2.05) is 42.9 Å². The van der Waals surface area contributed by atoms with Crippen LogP contribution in [-0.4, -0.2) is 32.4 Å². The number of aromatic nitrogens is 3. The Kier molecular flexibility index (Phi) is 5.62. The SMILES string of the molecule is Cc1cc2nc(N3CCc4nn(C)c(C)c4C3)sc2c(C2=CCC=C(Cl)C=C2)c1CC(=O)O. The first-order valence-corrected chi connectivity index (χ1v) is 12.2. The second kappa shape index (κ2) is 8.47. The summed E-state index contributed by atoms with van der Waals surface area (Å²) in [7, 11) is 1.99. The fraction of sp³-hybridized carbons (Fsp3) is 0.320. The molecule has 3 heterocycles. The highest BCUT2D eigenvalue weighted by atomic mass is 35.5. The minimum Gasteiger partial charge on any atom is -0.481 e. The van der Waals surface area contributed by atoms with E-state index < -0.39 is 5.97 Å². The van der Waals surface area contributed by atoms with Crippen molar-refractivity contribution in [2.45, 2.75) is 39.7 Å². The predicted octanol–water partition coefficient (Wildman–Crippen LogP) is 5.30. The van der Waals surface area contributed by atoms with E-state index in [1.165, 1.54) is 17.0 Å². The minimum atomic E-state index is -0.839. The molecular weight excluding hydrogens is 456 g/mol. The van der Waals surface area contributed by atoms with Gasteiger partial charge < -0.3 is 10.0 Å². The minimum absolute atomic E-state index is 0.0291. The maximum absolute atomic E-state index is 11.7. The lowest BCUT2D eigenvalue weighted by atomic mass is 9.92. The monoisotopic (exact) mass is 480 g/mol. The van der Waals surface area contributed by atoms with Crippen LogP contribution in [0.4, 0.5) is 5.13 Å². The average Bonchev–Trinajstić information content (AvgIpc) is 3.22. The molecule has 8 heteroatoms. The smallest absolute Gasteiger partial charge is 0.307 e. The number of carboxylic acid groups (broad SMARTS) is 1. The third kappa shape index (κ3) is 4.00. The van der Waals surface area contributed by atoms with Crippen LogP contribution < -0.4 is 4.90 Å². The van der Waals surface area contributed by atoms with Crippen LogP contribution in [0.5, 0.6) is 0 Å². The third-order valence-corrected chi connectivity index (χ3v) is 7.90. The second-order valence-electron chi connectivity index (χ2n) is 8.59. The van der Waals surface area contributed by atoms with Crippen LogP contribution in [0.2, 0.25) is 0 Å². The molecule has 1 N–H and O–H groups in total. The molecule has 0 saturated carbocycles. The largest absolute Gasteiger partial charge is 0.481 e. The Balaban J connectivity index is 1.63. The molecule has 0 radical (unpaired) electrons. The Morgan fingerprint density at radius 1 is 1.27 bits per heavy atom. The lowest BCUT2D eigenvalue weighted by Crippen LogP contribution is -2.30. The number of aryl methyl sites for hydroxylation is 2. The number of benzene rings is 1. The molecule has 0 unspecified atom stereocenters. The van der Waals surface area contributed by atoms with E-state index in [0.29, 0.717) is 11.5 Å². The van der Waals surface area contributed by atoms with Gasteiger partial charge in [0.1, 0.15) is 0 Å². The van der Waals surface area contributed by atoms with Crippen molar-refractivity contribution in [1.29, 1.82) is 0 Å². The molecule has 0 fully saturated rings. The van der Waals surface area contributed by atoms with Crippen molar-refractivity contribution in [3.8, 4) is 0 Å². The maximum atomic E-state index is 11.7. The van der Waals surface area contributed by atoms with Gasteiger partial charge >= 0.3 is 5.97 Å². The molecule has 0 bridgehead atoms. The highest BCUT2D eigenvalue weighted by Crippen LogP contribution is 2.40. The van der Waals surface area contributed by atoms with E-state index >= 15 is 0 Å². The number of hydrogen-bond donors (Lipinski definition) is 1.